The summed E-state index contributed by atoms with van der Waals surface area (Å²) in [5, 5.41) is 4.44. The number of thioether (sulfide) groups is 1. The van der Waals surface area contributed by atoms with Crippen LogP contribution in [0.15, 0.2) is 46.8 Å². The maximum absolute atomic E-state index is 4.74. The second-order valence-corrected chi connectivity index (χ2v) is 5.16. The number of rotatable bonds is 1. The van der Waals surface area contributed by atoms with Gasteiger partial charge in [-0.25, -0.2) is 4.98 Å². The summed E-state index contributed by atoms with van der Waals surface area (Å²) in [6.45, 7) is 1.87. The van der Waals surface area contributed by atoms with Crippen molar-refractivity contribution < 1.29 is 0 Å². The van der Waals surface area contributed by atoms with E-state index in [9.17, 15) is 0 Å². The van der Waals surface area contributed by atoms with Crippen LogP contribution in [0.5, 0.6) is 0 Å². The Balaban J connectivity index is 0.00000110. The van der Waals surface area contributed by atoms with Crippen LogP contribution < -0.4 is 0 Å². The third-order valence-electron chi connectivity index (χ3n) is 3.23. The van der Waals surface area contributed by atoms with E-state index in [2.05, 4.69) is 39.6 Å². The van der Waals surface area contributed by atoms with Gasteiger partial charge in [0.15, 0.2) is 5.17 Å². The van der Waals surface area contributed by atoms with Gasteiger partial charge in [0.25, 0.3) is 0 Å². The van der Waals surface area contributed by atoms with E-state index in [1.807, 2.05) is 12.1 Å². The van der Waals surface area contributed by atoms with Crippen LogP contribution in [-0.2, 0) is 0 Å². The zero-order valence-corrected chi connectivity index (χ0v) is 12.6. The molecule has 0 spiro atoms. The fraction of sp³-hybridized carbons (Fsp3) is 0.143. The highest BCUT2D eigenvalue weighted by Gasteiger charge is 2.27. The smallest absolute Gasteiger partial charge is 0.168 e. The second kappa shape index (κ2) is 4.98. The van der Waals surface area contributed by atoms with Gasteiger partial charge in [-0.3, -0.25) is 4.99 Å². The van der Waals surface area contributed by atoms with Gasteiger partial charge in [-0.2, -0.15) is 0 Å². The van der Waals surface area contributed by atoms with E-state index < -0.39 is 0 Å². The number of hydrogen-bond acceptors (Lipinski definition) is 4. The Morgan fingerprint density at radius 3 is 2.95 bits per heavy atom. The summed E-state index contributed by atoms with van der Waals surface area (Å²) >= 11 is 1.70. The van der Waals surface area contributed by atoms with Crippen LogP contribution in [0.1, 0.15) is 5.69 Å². The zero-order valence-electron chi connectivity index (χ0n) is 10.1. The van der Waals surface area contributed by atoms with E-state index in [0.29, 0.717) is 0 Å². The first-order valence-corrected chi connectivity index (χ1v) is 6.85. The molecule has 0 saturated carbocycles. The number of aromatic nitrogens is 1. The summed E-state index contributed by atoms with van der Waals surface area (Å²) in [6.07, 6.45) is 0. The Morgan fingerprint density at radius 1 is 1.11 bits per heavy atom. The Bertz CT molecular complexity index is 696. The summed E-state index contributed by atoms with van der Waals surface area (Å²) in [5.74, 6) is 0. The average molecular weight is 334 g/mol. The van der Waals surface area contributed by atoms with Crippen molar-refractivity contribution in [1.29, 1.82) is 0 Å². The highest BCUT2D eigenvalue weighted by molar-refractivity contribution is 8.93. The molecule has 5 heteroatoms. The molecule has 1 aromatic heterocycles. The topological polar surface area (TPSA) is 28.5 Å². The molecule has 0 bridgehead atoms. The van der Waals surface area contributed by atoms with Gasteiger partial charge < -0.3 is 4.90 Å². The van der Waals surface area contributed by atoms with Gasteiger partial charge in [0.1, 0.15) is 0 Å². The van der Waals surface area contributed by atoms with Crippen molar-refractivity contribution in [2.24, 2.45) is 4.99 Å². The fourth-order valence-electron chi connectivity index (χ4n) is 2.33. The molecule has 0 atom stereocenters. The van der Waals surface area contributed by atoms with Crippen molar-refractivity contribution in [2.45, 2.75) is 0 Å². The van der Waals surface area contributed by atoms with E-state index in [1.165, 1.54) is 11.1 Å². The third kappa shape index (κ3) is 2.07. The molecule has 0 amide bonds. The van der Waals surface area contributed by atoms with Gasteiger partial charge in [0.2, 0.25) is 0 Å². The number of benzene rings is 1. The molecule has 4 rings (SSSR count). The average Bonchev–Trinajstić information content (AvgIpc) is 3.00. The van der Waals surface area contributed by atoms with Crippen LogP contribution in [0.3, 0.4) is 0 Å². The second-order valence-electron chi connectivity index (χ2n) is 4.33. The number of fused-ring (bicyclic) bond motifs is 2. The molecule has 19 heavy (non-hydrogen) atoms. The summed E-state index contributed by atoms with van der Waals surface area (Å²) in [7, 11) is 0. The van der Waals surface area contributed by atoms with Crippen LogP contribution in [-0.4, -0.2) is 28.1 Å². The molecule has 0 unspecified atom stereocenters. The first-order valence-electron chi connectivity index (χ1n) is 5.97. The van der Waals surface area contributed by atoms with Gasteiger partial charge in [0.05, 0.1) is 23.5 Å². The first-order chi connectivity index (χ1) is 8.92. The number of halogens is 1. The molecule has 0 N–H and O–H groups in total. The lowest BCUT2D eigenvalue weighted by Crippen LogP contribution is -2.20. The standard InChI is InChI=1S/C14H11N3S.BrH/c1-2-4-11-10(3-1)5-6-12(16-11)13-9-18-14-15-7-8-17(13)14;/h1-6,9H,7-8H2;1H. The van der Waals surface area contributed by atoms with Crippen LogP contribution >= 0.6 is 28.7 Å². The maximum atomic E-state index is 4.74. The largest absolute Gasteiger partial charge is 0.317 e. The molecule has 2 aromatic rings. The van der Waals surface area contributed by atoms with Crippen molar-refractivity contribution >= 4 is 50.5 Å². The minimum atomic E-state index is 0. The quantitative estimate of drug-likeness (QED) is 0.799. The Morgan fingerprint density at radius 2 is 2.00 bits per heavy atom. The predicted molar refractivity (Wildman–Crippen MR) is 86.6 cm³/mol. The number of hydrogen-bond donors (Lipinski definition) is 0. The van der Waals surface area contributed by atoms with Gasteiger partial charge in [-0.1, -0.05) is 36.0 Å². The summed E-state index contributed by atoms with van der Waals surface area (Å²) < 4.78 is 0. The first kappa shape index (κ1) is 12.7. The SMILES string of the molecule is Br.C1=C(c2ccc3ccccc3n2)N2CCN=C2S1. The van der Waals surface area contributed by atoms with Crippen LogP contribution in [0.2, 0.25) is 0 Å². The Hall–Kier alpha value is -1.33. The lowest BCUT2D eigenvalue weighted by atomic mass is 10.2. The molecular formula is C14H12BrN3S. The maximum Gasteiger partial charge on any atom is 0.168 e. The molecule has 1 aromatic carbocycles. The van der Waals surface area contributed by atoms with Gasteiger partial charge >= 0.3 is 0 Å². The van der Waals surface area contributed by atoms with E-state index in [0.717, 1.165) is 29.5 Å². The predicted octanol–water partition coefficient (Wildman–Crippen LogP) is 3.53. The summed E-state index contributed by atoms with van der Waals surface area (Å²) in [4.78, 5) is 11.5. The number of pyridine rings is 1. The van der Waals surface area contributed by atoms with Crippen molar-refractivity contribution in [2.75, 3.05) is 13.1 Å². The minimum absolute atomic E-state index is 0. The van der Waals surface area contributed by atoms with Crippen molar-refractivity contribution in [3.63, 3.8) is 0 Å². The van der Waals surface area contributed by atoms with Crippen LogP contribution in [0, 0.1) is 0 Å². The Kier molecular flexibility index (Phi) is 3.33. The van der Waals surface area contributed by atoms with Gasteiger partial charge in [-0.15, -0.1) is 17.0 Å². The van der Waals surface area contributed by atoms with E-state index >= 15 is 0 Å². The molecule has 0 radical (unpaired) electrons. The molecule has 3 heterocycles. The third-order valence-corrected chi connectivity index (χ3v) is 4.13. The van der Waals surface area contributed by atoms with E-state index in [-0.39, 0.29) is 17.0 Å². The van der Waals surface area contributed by atoms with E-state index in [1.54, 1.807) is 11.8 Å². The van der Waals surface area contributed by atoms with E-state index in [4.69, 9.17) is 4.98 Å². The highest BCUT2D eigenvalue weighted by atomic mass is 79.9. The number of aliphatic imine (C=N–C) groups is 1. The monoisotopic (exact) mass is 333 g/mol. The molecule has 0 aliphatic carbocycles. The molecule has 2 aliphatic heterocycles. The summed E-state index contributed by atoms with van der Waals surface area (Å²) in [6, 6.07) is 12.4. The number of nitrogens with zero attached hydrogens (tertiary/aromatic N) is 3. The van der Waals surface area contributed by atoms with Crippen molar-refractivity contribution in [3.05, 3.63) is 47.5 Å². The molecule has 96 valence electrons. The van der Waals surface area contributed by atoms with Crippen molar-refractivity contribution in [3.8, 4) is 0 Å². The molecule has 2 aliphatic rings. The van der Waals surface area contributed by atoms with Crippen LogP contribution in [0.25, 0.3) is 16.6 Å². The summed E-state index contributed by atoms with van der Waals surface area (Å²) in [5.41, 5.74) is 3.26. The van der Waals surface area contributed by atoms with Gasteiger partial charge in [0, 0.05) is 17.3 Å². The lowest BCUT2D eigenvalue weighted by Gasteiger charge is -2.16. The number of amidine groups is 1. The van der Waals surface area contributed by atoms with Crippen molar-refractivity contribution in [1.82, 2.24) is 9.88 Å². The molecule has 0 fully saturated rings. The zero-order chi connectivity index (χ0) is 11.9. The Labute approximate surface area is 126 Å². The van der Waals surface area contributed by atoms with Gasteiger partial charge in [-0.05, 0) is 12.1 Å². The van der Waals surface area contributed by atoms with Crippen LogP contribution in [0.4, 0.5) is 0 Å². The molecular weight excluding hydrogens is 322 g/mol. The highest BCUT2D eigenvalue weighted by Crippen LogP contribution is 2.34. The molecule has 3 nitrogen and oxygen atoms in total. The normalized spacial score (nSPS) is 16.9. The minimum Gasteiger partial charge on any atom is -0.317 e. The number of para-hydroxylation sites is 1. The fourth-order valence-corrected chi connectivity index (χ4v) is 3.28. The lowest BCUT2D eigenvalue weighted by molar-refractivity contribution is 0.647. The molecule has 0 saturated heterocycles.